The van der Waals surface area contributed by atoms with Gasteiger partial charge >= 0.3 is 0 Å². The van der Waals surface area contributed by atoms with Gasteiger partial charge in [-0.15, -0.1) is 0 Å². The molecular formula is C17H34N4. The second-order valence-corrected chi connectivity index (χ2v) is 6.98. The van der Waals surface area contributed by atoms with E-state index in [2.05, 4.69) is 47.8 Å². The molecule has 0 saturated heterocycles. The maximum absolute atomic E-state index is 4.36. The molecule has 122 valence electrons. The second-order valence-electron chi connectivity index (χ2n) is 6.98. The van der Waals surface area contributed by atoms with Crippen LogP contribution in [0.15, 0.2) is 6.33 Å². The largest absolute Gasteiger partial charge is 0.305 e. The molecule has 0 radical (unpaired) electrons. The van der Waals surface area contributed by atoms with Crippen molar-refractivity contribution < 1.29 is 0 Å². The van der Waals surface area contributed by atoms with E-state index in [-0.39, 0.29) is 5.54 Å². The Morgan fingerprint density at radius 3 is 2.24 bits per heavy atom. The van der Waals surface area contributed by atoms with Crippen molar-refractivity contribution in [3.8, 4) is 0 Å². The maximum Gasteiger partial charge on any atom is 0.140 e. The van der Waals surface area contributed by atoms with Crippen LogP contribution in [0.25, 0.3) is 0 Å². The number of nitrogens with zero attached hydrogens (tertiary/aromatic N) is 3. The lowest BCUT2D eigenvalue weighted by Crippen LogP contribution is -2.36. The summed E-state index contributed by atoms with van der Waals surface area (Å²) < 4.78 is 2.05. The van der Waals surface area contributed by atoms with Gasteiger partial charge in [-0.3, -0.25) is 0 Å². The zero-order valence-corrected chi connectivity index (χ0v) is 14.5. The quantitative estimate of drug-likeness (QED) is 0.618. The van der Waals surface area contributed by atoms with Crippen LogP contribution in [-0.2, 0) is 13.1 Å². The molecule has 0 spiro atoms. The molecule has 0 aromatic carbocycles. The van der Waals surface area contributed by atoms with Crippen LogP contribution in [0.2, 0.25) is 0 Å². The van der Waals surface area contributed by atoms with Gasteiger partial charge in [-0.2, -0.15) is 5.10 Å². The van der Waals surface area contributed by atoms with Crippen molar-refractivity contribution in [2.75, 3.05) is 0 Å². The number of nitrogens with one attached hydrogen (secondary N) is 1. The van der Waals surface area contributed by atoms with Crippen molar-refractivity contribution in [3.05, 3.63) is 12.2 Å². The lowest BCUT2D eigenvalue weighted by molar-refractivity contribution is 0.404. The lowest BCUT2D eigenvalue weighted by Gasteiger charge is -2.20. The SMILES string of the molecule is CCCCCCCCCCn1ncnc1CNC(C)(C)C. The van der Waals surface area contributed by atoms with E-state index in [0.717, 1.165) is 18.9 Å². The molecular weight excluding hydrogens is 260 g/mol. The topological polar surface area (TPSA) is 42.7 Å². The van der Waals surface area contributed by atoms with Crippen molar-refractivity contribution in [2.24, 2.45) is 0 Å². The van der Waals surface area contributed by atoms with E-state index in [0.29, 0.717) is 0 Å². The highest BCUT2D eigenvalue weighted by Crippen LogP contribution is 2.09. The van der Waals surface area contributed by atoms with E-state index in [9.17, 15) is 0 Å². The summed E-state index contributed by atoms with van der Waals surface area (Å²) in [6.45, 7) is 10.6. The van der Waals surface area contributed by atoms with Crippen LogP contribution in [0, 0.1) is 0 Å². The van der Waals surface area contributed by atoms with E-state index < -0.39 is 0 Å². The highest BCUT2D eigenvalue weighted by molar-refractivity contribution is 4.86. The van der Waals surface area contributed by atoms with Crippen molar-refractivity contribution in [2.45, 2.75) is 97.7 Å². The zero-order valence-electron chi connectivity index (χ0n) is 14.5. The minimum Gasteiger partial charge on any atom is -0.305 e. The Morgan fingerprint density at radius 1 is 1.00 bits per heavy atom. The van der Waals surface area contributed by atoms with Crippen molar-refractivity contribution in [1.82, 2.24) is 20.1 Å². The second kappa shape index (κ2) is 9.93. The van der Waals surface area contributed by atoms with Crippen LogP contribution in [0.4, 0.5) is 0 Å². The van der Waals surface area contributed by atoms with E-state index in [1.165, 1.54) is 51.4 Å². The summed E-state index contributed by atoms with van der Waals surface area (Å²) >= 11 is 0. The van der Waals surface area contributed by atoms with Crippen LogP contribution in [-0.4, -0.2) is 20.3 Å². The fourth-order valence-corrected chi connectivity index (χ4v) is 2.35. The Bertz CT molecular complexity index is 365. The van der Waals surface area contributed by atoms with Crippen molar-refractivity contribution in [3.63, 3.8) is 0 Å². The van der Waals surface area contributed by atoms with Gasteiger partial charge in [0, 0.05) is 12.1 Å². The van der Waals surface area contributed by atoms with Crippen molar-refractivity contribution >= 4 is 0 Å². The molecule has 0 atom stereocenters. The summed E-state index contributed by atoms with van der Waals surface area (Å²) in [6.07, 6.45) is 12.5. The molecule has 21 heavy (non-hydrogen) atoms. The highest BCUT2D eigenvalue weighted by Gasteiger charge is 2.11. The van der Waals surface area contributed by atoms with E-state index in [4.69, 9.17) is 0 Å². The summed E-state index contributed by atoms with van der Waals surface area (Å²) in [7, 11) is 0. The van der Waals surface area contributed by atoms with Gasteiger partial charge in [-0.1, -0.05) is 51.9 Å². The summed E-state index contributed by atoms with van der Waals surface area (Å²) in [5.74, 6) is 1.05. The number of rotatable bonds is 11. The zero-order chi connectivity index (χ0) is 15.6. The average Bonchev–Trinajstić information content (AvgIpc) is 2.86. The van der Waals surface area contributed by atoms with Crippen LogP contribution in [0.1, 0.15) is 84.9 Å². The van der Waals surface area contributed by atoms with Gasteiger partial charge < -0.3 is 5.32 Å². The average molecular weight is 294 g/mol. The smallest absolute Gasteiger partial charge is 0.140 e. The van der Waals surface area contributed by atoms with Gasteiger partial charge in [-0.25, -0.2) is 9.67 Å². The molecule has 1 rings (SSSR count). The Labute approximate surface area is 130 Å². The fourth-order valence-electron chi connectivity index (χ4n) is 2.35. The molecule has 0 bridgehead atoms. The third-order valence-corrected chi connectivity index (χ3v) is 3.70. The molecule has 0 fully saturated rings. The Kier molecular flexibility index (Phi) is 8.58. The molecule has 0 aliphatic carbocycles. The van der Waals surface area contributed by atoms with Crippen LogP contribution in [0.3, 0.4) is 0 Å². The third kappa shape index (κ3) is 8.86. The third-order valence-electron chi connectivity index (χ3n) is 3.70. The predicted molar refractivity (Wildman–Crippen MR) is 89.2 cm³/mol. The molecule has 1 aromatic heterocycles. The molecule has 1 N–H and O–H groups in total. The van der Waals surface area contributed by atoms with Gasteiger partial charge in [0.05, 0.1) is 6.54 Å². The molecule has 0 aliphatic rings. The van der Waals surface area contributed by atoms with Crippen LogP contribution < -0.4 is 5.32 Å². The minimum atomic E-state index is 0.120. The summed E-state index contributed by atoms with van der Waals surface area (Å²) in [5.41, 5.74) is 0.120. The summed E-state index contributed by atoms with van der Waals surface area (Å²) in [6, 6.07) is 0. The van der Waals surface area contributed by atoms with Crippen molar-refractivity contribution in [1.29, 1.82) is 0 Å². The van der Waals surface area contributed by atoms with E-state index >= 15 is 0 Å². The van der Waals surface area contributed by atoms with Crippen LogP contribution in [0.5, 0.6) is 0 Å². The first kappa shape index (κ1) is 18.1. The molecule has 1 aromatic rings. The number of unbranched alkanes of at least 4 members (excludes halogenated alkanes) is 7. The normalized spacial score (nSPS) is 12.0. The standard InChI is InChI=1S/C17H34N4/c1-5-6-7-8-9-10-11-12-13-21-16(18-15-20-21)14-19-17(2,3)4/h15,19H,5-14H2,1-4H3. The Balaban J connectivity index is 2.14. The minimum absolute atomic E-state index is 0.120. The maximum atomic E-state index is 4.36. The van der Waals surface area contributed by atoms with Gasteiger partial charge in [-0.05, 0) is 27.2 Å². The Hall–Kier alpha value is -0.900. The van der Waals surface area contributed by atoms with Gasteiger partial charge in [0.25, 0.3) is 0 Å². The predicted octanol–water partition coefficient (Wildman–Crippen LogP) is 4.31. The molecule has 0 unspecified atom stereocenters. The fraction of sp³-hybridized carbons (Fsp3) is 0.882. The molecule has 4 heteroatoms. The number of hydrogen-bond donors (Lipinski definition) is 1. The molecule has 0 saturated carbocycles. The summed E-state index contributed by atoms with van der Waals surface area (Å²) in [4.78, 5) is 4.36. The molecule has 1 heterocycles. The highest BCUT2D eigenvalue weighted by atomic mass is 15.3. The van der Waals surface area contributed by atoms with Gasteiger partial charge in [0.2, 0.25) is 0 Å². The molecule has 0 amide bonds. The molecule has 0 aliphatic heterocycles. The number of aromatic nitrogens is 3. The molecule has 4 nitrogen and oxygen atoms in total. The number of aryl methyl sites for hydroxylation is 1. The summed E-state index contributed by atoms with van der Waals surface area (Å²) in [5, 5.41) is 7.81. The first-order valence-corrected chi connectivity index (χ1v) is 8.64. The lowest BCUT2D eigenvalue weighted by atomic mass is 10.1. The number of hydrogen-bond acceptors (Lipinski definition) is 3. The van der Waals surface area contributed by atoms with E-state index in [1.807, 2.05) is 0 Å². The first-order valence-electron chi connectivity index (χ1n) is 8.64. The Morgan fingerprint density at radius 2 is 1.62 bits per heavy atom. The van der Waals surface area contributed by atoms with E-state index in [1.54, 1.807) is 6.33 Å². The monoisotopic (exact) mass is 294 g/mol. The van der Waals surface area contributed by atoms with Crippen LogP contribution >= 0.6 is 0 Å². The van der Waals surface area contributed by atoms with Gasteiger partial charge in [0.15, 0.2) is 0 Å². The van der Waals surface area contributed by atoms with Gasteiger partial charge in [0.1, 0.15) is 12.2 Å². The first-order chi connectivity index (χ1) is 10.0.